The Balaban J connectivity index is 1.86. The first kappa shape index (κ1) is 14.6. The maximum absolute atomic E-state index is 12.1. The van der Waals surface area contributed by atoms with Crippen LogP contribution in [0.4, 0.5) is 13.2 Å². The topological polar surface area (TPSA) is 60.8 Å². The Morgan fingerprint density at radius 2 is 1.58 bits per heavy atom. The van der Waals surface area contributed by atoms with Crippen LogP contribution in [-0.4, -0.2) is 52.5 Å². The van der Waals surface area contributed by atoms with Crippen molar-refractivity contribution in [2.24, 2.45) is 11.8 Å². The predicted octanol–water partition coefficient (Wildman–Crippen LogP) is 0.919. The van der Waals surface area contributed by atoms with E-state index < -0.39 is 37.1 Å². The standard InChI is InChI=1S/C12H18F3NO3/c13-12(14,15)2-1-11(19)16-5-7-3-9(17)10(18)4-8(7)6-16/h7-10,17-18H,1-6H2/t7-,8+,9+,10-. The summed E-state index contributed by atoms with van der Waals surface area (Å²) >= 11 is 0. The molecule has 2 fully saturated rings. The van der Waals surface area contributed by atoms with E-state index in [4.69, 9.17) is 0 Å². The minimum absolute atomic E-state index is 0.0910. The molecule has 4 nitrogen and oxygen atoms in total. The van der Waals surface area contributed by atoms with E-state index in [0.29, 0.717) is 25.9 Å². The van der Waals surface area contributed by atoms with Gasteiger partial charge in [-0.1, -0.05) is 0 Å². The van der Waals surface area contributed by atoms with Crippen LogP contribution in [0.25, 0.3) is 0 Å². The highest BCUT2D eigenvalue weighted by atomic mass is 19.4. The summed E-state index contributed by atoms with van der Waals surface area (Å²) < 4.78 is 36.2. The van der Waals surface area contributed by atoms with E-state index in [-0.39, 0.29) is 11.8 Å². The quantitative estimate of drug-likeness (QED) is 0.791. The summed E-state index contributed by atoms with van der Waals surface area (Å²) in [5.41, 5.74) is 0. The average molecular weight is 281 g/mol. The number of alkyl halides is 3. The van der Waals surface area contributed by atoms with Crippen LogP contribution in [0.1, 0.15) is 25.7 Å². The lowest BCUT2D eigenvalue weighted by Crippen LogP contribution is -2.38. The normalized spacial score (nSPS) is 35.3. The Bertz CT molecular complexity index is 330. The molecule has 1 saturated carbocycles. The number of amides is 1. The van der Waals surface area contributed by atoms with Crippen molar-refractivity contribution in [3.05, 3.63) is 0 Å². The van der Waals surface area contributed by atoms with E-state index in [1.807, 2.05) is 0 Å². The van der Waals surface area contributed by atoms with Crippen LogP contribution in [0.5, 0.6) is 0 Å². The van der Waals surface area contributed by atoms with E-state index >= 15 is 0 Å². The number of likely N-dealkylation sites (tertiary alicyclic amines) is 1. The molecular weight excluding hydrogens is 263 g/mol. The summed E-state index contributed by atoms with van der Waals surface area (Å²) in [6.45, 7) is 0.788. The molecule has 1 aliphatic carbocycles. The van der Waals surface area contributed by atoms with Gasteiger partial charge in [0.1, 0.15) is 0 Å². The highest BCUT2D eigenvalue weighted by Gasteiger charge is 2.42. The highest BCUT2D eigenvalue weighted by Crippen LogP contribution is 2.37. The van der Waals surface area contributed by atoms with Gasteiger partial charge in [-0.05, 0) is 24.7 Å². The number of hydrogen-bond acceptors (Lipinski definition) is 3. The predicted molar refractivity (Wildman–Crippen MR) is 60.1 cm³/mol. The molecule has 0 bridgehead atoms. The number of nitrogens with zero attached hydrogens (tertiary/aromatic N) is 1. The molecule has 0 aromatic carbocycles. The van der Waals surface area contributed by atoms with Gasteiger partial charge in [-0.2, -0.15) is 13.2 Å². The Kier molecular flexibility index (Phi) is 4.06. The van der Waals surface area contributed by atoms with Gasteiger partial charge in [-0.15, -0.1) is 0 Å². The molecule has 2 rings (SSSR count). The monoisotopic (exact) mass is 281 g/mol. The molecule has 2 aliphatic rings. The van der Waals surface area contributed by atoms with Crippen LogP contribution in [0.2, 0.25) is 0 Å². The van der Waals surface area contributed by atoms with Crippen molar-refractivity contribution < 1.29 is 28.2 Å². The fourth-order valence-corrected chi connectivity index (χ4v) is 3.02. The van der Waals surface area contributed by atoms with Gasteiger partial charge in [0.2, 0.25) is 5.91 Å². The van der Waals surface area contributed by atoms with Crippen LogP contribution in [0.15, 0.2) is 0 Å². The lowest BCUT2D eigenvalue weighted by Gasteiger charge is -2.31. The molecule has 0 aromatic heterocycles. The lowest BCUT2D eigenvalue weighted by molar-refractivity contribution is -0.148. The molecule has 19 heavy (non-hydrogen) atoms. The largest absolute Gasteiger partial charge is 0.390 e. The number of carbonyl (C=O) groups excluding carboxylic acids is 1. The van der Waals surface area contributed by atoms with Gasteiger partial charge < -0.3 is 15.1 Å². The van der Waals surface area contributed by atoms with Crippen molar-refractivity contribution in [1.82, 2.24) is 4.90 Å². The lowest BCUT2D eigenvalue weighted by atomic mass is 9.79. The average Bonchev–Trinajstić information content (AvgIpc) is 2.68. The van der Waals surface area contributed by atoms with Gasteiger partial charge in [-0.3, -0.25) is 4.79 Å². The van der Waals surface area contributed by atoms with Crippen LogP contribution in [-0.2, 0) is 4.79 Å². The molecule has 0 spiro atoms. The molecule has 1 aliphatic heterocycles. The molecule has 1 saturated heterocycles. The van der Waals surface area contributed by atoms with E-state index in [1.54, 1.807) is 0 Å². The number of aliphatic hydroxyl groups is 2. The second kappa shape index (κ2) is 5.28. The third-order valence-electron chi connectivity index (χ3n) is 4.08. The van der Waals surface area contributed by atoms with Crippen LogP contribution in [0, 0.1) is 11.8 Å². The van der Waals surface area contributed by atoms with Gasteiger partial charge in [-0.25, -0.2) is 0 Å². The van der Waals surface area contributed by atoms with E-state index in [1.165, 1.54) is 4.90 Å². The van der Waals surface area contributed by atoms with Crippen LogP contribution >= 0.6 is 0 Å². The van der Waals surface area contributed by atoms with Crippen molar-refractivity contribution in [2.45, 2.75) is 44.1 Å². The Morgan fingerprint density at radius 1 is 1.11 bits per heavy atom. The molecule has 0 aromatic rings. The number of halogens is 3. The maximum atomic E-state index is 12.1. The van der Waals surface area contributed by atoms with Crippen molar-refractivity contribution in [3.63, 3.8) is 0 Å². The molecule has 2 N–H and O–H groups in total. The van der Waals surface area contributed by atoms with E-state index in [0.717, 1.165) is 0 Å². The van der Waals surface area contributed by atoms with E-state index in [2.05, 4.69) is 0 Å². The third kappa shape index (κ3) is 3.60. The SMILES string of the molecule is O=C(CCC(F)(F)F)N1C[C@H]2C[C@H](O)[C@H](O)C[C@H]2C1. The van der Waals surface area contributed by atoms with Gasteiger partial charge >= 0.3 is 6.18 Å². The zero-order valence-corrected chi connectivity index (χ0v) is 10.4. The zero-order chi connectivity index (χ0) is 14.2. The first-order chi connectivity index (χ1) is 8.76. The molecule has 1 heterocycles. The van der Waals surface area contributed by atoms with Gasteiger partial charge in [0, 0.05) is 19.5 Å². The van der Waals surface area contributed by atoms with Crippen molar-refractivity contribution >= 4 is 5.91 Å². The molecule has 1 amide bonds. The summed E-state index contributed by atoms with van der Waals surface area (Å²) in [7, 11) is 0. The van der Waals surface area contributed by atoms with Gasteiger partial charge in [0.05, 0.1) is 18.6 Å². The highest BCUT2D eigenvalue weighted by molar-refractivity contribution is 5.76. The van der Waals surface area contributed by atoms with Gasteiger partial charge in [0.15, 0.2) is 0 Å². The molecule has 4 atom stereocenters. The number of fused-ring (bicyclic) bond motifs is 1. The fourth-order valence-electron chi connectivity index (χ4n) is 3.02. The minimum atomic E-state index is -4.31. The third-order valence-corrected chi connectivity index (χ3v) is 4.08. The Morgan fingerprint density at radius 3 is 2.00 bits per heavy atom. The Hall–Kier alpha value is -0.820. The fraction of sp³-hybridized carbons (Fsp3) is 0.917. The Labute approximate surface area is 109 Å². The second-order valence-corrected chi connectivity index (χ2v) is 5.54. The van der Waals surface area contributed by atoms with Crippen molar-refractivity contribution in [3.8, 4) is 0 Å². The molecule has 0 radical (unpaired) electrons. The summed E-state index contributed by atoms with van der Waals surface area (Å²) in [5, 5.41) is 19.1. The van der Waals surface area contributed by atoms with E-state index in [9.17, 15) is 28.2 Å². The van der Waals surface area contributed by atoms with Crippen molar-refractivity contribution in [1.29, 1.82) is 0 Å². The first-order valence-electron chi connectivity index (χ1n) is 6.47. The maximum Gasteiger partial charge on any atom is 0.389 e. The van der Waals surface area contributed by atoms with Crippen LogP contribution < -0.4 is 0 Å². The molecular formula is C12H18F3NO3. The number of aliphatic hydroxyl groups excluding tert-OH is 2. The smallest absolute Gasteiger partial charge is 0.389 e. The number of hydrogen-bond donors (Lipinski definition) is 2. The summed E-state index contributed by atoms with van der Waals surface area (Å²) in [6, 6.07) is 0. The minimum Gasteiger partial charge on any atom is -0.390 e. The van der Waals surface area contributed by atoms with Crippen molar-refractivity contribution in [2.75, 3.05) is 13.1 Å². The second-order valence-electron chi connectivity index (χ2n) is 5.54. The summed E-state index contributed by atoms with van der Waals surface area (Å²) in [5.74, 6) is -0.308. The molecule has 110 valence electrons. The number of carbonyl (C=O) groups is 1. The van der Waals surface area contributed by atoms with Crippen LogP contribution in [0.3, 0.4) is 0 Å². The summed E-state index contributed by atoms with van der Waals surface area (Å²) in [4.78, 5) is 13.1. The first-order valence-corrected chi connectivity index (χ1v) is 6.47. The molecule has 0 unspecified atom stereocenters. The van der Waals surface area contributed by atoms with Gasteiger partial charge in [0.25, 0.3) is 0 Å². The zero-order valence-electron chi connectivity index (χ0n) is 10.4. The molecule has 7 heteroatoms. The summed E-state index contributed by atoms with van der Waals surface area (Å²) in [6.07, 6.45) is -6.67. The number of rotatable bonds is 2.